The Bertz CT molecular complexity index is 792. The van der Waals surface area contributed by atoms with Crippen LogP contribution in [0.15, 0.2) is 30.5 Å². The molecule has 0 radical (unpaired) electrons. The van der Waals surface area contributed by atoms with Crippen molar-refractivity contribution in [3.63, 3.8) is 0 Å². The number of imidazole rings is 1. The fourth-order valence-electron chi connectivity index (χ4n) is 1.86. The predicted molar refractivity (Wildman–Crippen MR) is 71.9 cm³/mol. The van der Waals surface area contributed by atoms with Gasteiger partial charge in [0.1, 0.15) is 5.82 Å². The van der Waals surface area contributed by atoms with Crippen molar-refractivity contribution in [1.29, 1.82) is 0 Å². The van der Waals surface area contributed by atoms with Crippen molar-refractivity contribution in [3.05, 3.63) is 42.0 Å². The van der Waals surface area contributed by atoms with E-state index in [9.17, 15) is 9.18 Å². The molecule has 7 heteroatoms. The first-order valence-electron chi connectivity index (χ1n) is 5.70. The minimum absolute atomic E-state index is 0.297. The number of ether oxygens (including phenoxy) is 1. The van der Waals surface area contributed by atoms with E-state index in [1.165, 1.54) is 12.1 Å². The number of carbonyl (C=O) groups is 1. The number of rotatable bonds is 2. The standard InChI is InChI=1S/C13H9FN2O3S/c1-7-11(19-13(17)18)20-12-15-10(6-16(7)12)8-2-4-9(14)5-3-8/h2-6H,1H3,(H,17,18). The third kappa shape index (κ3) is 2.12. The number of thiazole rings is 1. The quantitative estimate of drug-likeness (QED) is 0.733. The normalized spacial score (nSPS) is 10.9. The second kappa shape index (κ2) is 4.61. The van der Waals surface area contributed by atoms with Crippen LogP contribution in [-0.2, 0) is 0 Å². The molecule has 1 N–H and O–H groups in total. The molecule has 3 aromatic rings. The zero-order valence-electron chi connectivity index (χ0n) is 10.3. The van der Waals surface area contributed by atoms with E-state index in [4.69, 9.17) is 5.11 Å². The first-order chi connectivity index (χ1) is 9.54. The molecule has 0 spiro atoms. The number of halogens is 1. The lowest BCUT2D eigenvalue weighted by molar-refractivity contribution is 0.145. The maximum absolute atomic E-state index is 12.9. The van der Waals surface area contributed by atoms with E-state index >= 15 is 0 Å². The van der Waals surface area contributed by atoms with E-state index in [1.807, 2.05) is 0 Å². The zero-order chi connectivity index (χ0) is 14.3. The highest BCUT2D eigenvalue weighted by Gasteiger charge is 2.15. The monoisotopic (exact) mass is 292 g/mol. The highest BCUT2D eigenvalue weighted by atomic mass is 32.1. The Labute approximate surface area is 116 Å². The van der Waals surface area contributed by atoms with Crippen molar-refractivity contribution in [2.45, 2.75) is 6.92 Å². The van der Waals surface area contributed by atoms with Gasteiger partial charge in [0.15, 0.2) is 4.96 Å². The molecule has 0 amide bonds. The van der Waals surface area contributed by atoms with Crippen LogP contribution in [-0.4, -0.2) is 20.6 Å². The second-order valence-corrected chi connectivity index (χ2v) is 5.07. The summed E-state index contributed by atoms with van der Waals surface area (Å²) < 4.78 is 19.3. The Hall–Kier alpha value is -2.41. The molecule has 0 aliphatic carbocycles. The van der Waals surface area contributed by atoms with E-state index in [0.29, 0.717) is 21.4 Å². The molecule has 3 rings (SSSR count). The number of hydrogen-bond acceptors (Lipinski definition) is 4. The van der Waals surface area contributed by atoms with Crippen LogP contribution in [0.4, 0.5) is 9.18 Å². The average Bonchev–Trinajstić information content (AvgIpc) is 2.91. The topological polar surface area (TPSA) is 63.8 Å². The van der Waals surface area contributed by atoms with Gasteiger partial charge in [-0.1, -0.05) is 11.3 Å². The molecule has 0 bridgehead atoms. The molecule has 1 aromatic carbocycles. The first kappa shape index (κ1) is 12.6. The lowest BCUT2D eigenvalue weighted by Crippen LogP contribution is -2.02. The van der Waals surface area contributed by atoms with Gasteiger partial charge in [0, 0.05) is 11.8 Å². The van der Waals surface area contributed by atoms with Crippen LogP contribution in [0.25, 0.3) is 16.2 Å². The number of nitrogens with zero attached hydrogens (tertiary/aromatic N) is 2. The number of hydrogen-bond donors (Lipinski definition) is 1. The van der Waals surface area contributed by atoms with Gasteiger partial charge >= 0.3 is 6.16 Å². The van der Waals surface area contributed by atoms with E-state index in [2.05, 4.69) is 9.72 Å². The summed E-state index contributed by atoms with van der Waals surface area (Å²) in [5.41, 5.74) is 2.15. The summed E-state index contributed by atoms with van der Waals surface area (Å²) in [6.45, 7) is 1.75. The van der Waals surface area contributed by atoms with Gasteiger partial charge in [0.25, 0.3) is 0 Å². The molecule has 0 aliphatic rings. The molecule has 0 atom stereocenters. The van der Waals surface area contributed by atoms with Gasteiger partial charge in [-0.25, -0.2) is 14.2 Å². The van der Waals surface area contributed by atoms with Gasteiger partial charge in [-0.15, -0.1) is 0 Å². The Balaban J connectivity index is 2.04. The molecular formula is C13H9FN2O3S. The van der Waals surface area contributed by atoms with Gasteiger partial charge in [-0.3, -0.25) is 4.40 Å². The highest BCUT2D eigenvalue weighted by molar-refractivity contribution is 7.19. The third-order valence-corrected chi connectivity index (χ3v) is 3.87. The average molecular weight is 292 g/mol. The van der Waals surface area contributed by atoms with Gasteiger partial charge < -0.3 is 9.84 Å². The highest BCUT2D eigenvalue weighted by Crippen LogP contribution is 2.32. The van der Waals surface area contributed by atoms with Crippen LogP contribution >= 0.6 is 11.3 Å². The Morgan fingerprint density at radius 1 is 1.40 bits per heavy atom. The van der Waals surface area contributed by atoms with Gasteiger partial charge in [0.2, 0.25) is 5.06 Å². The van der Waals surface area contributed by atoms with Crippen molar-refractivity contribution in [1.82, 2.24) is 9.38 Å². The van der Waals surface area contributed by atoms with E-state index in [-0.39, 0.29) is 5.82 Å². The Morgan fingerprint density at radius 2 is 2.10 bits per heavy atom. The molecule has 5 nitrogen and oxygen atoms in total. The third-order valence-electron chi connectivity index (χ3n) is 2.83. The molecule has 102 valence electrons. The predicted octanol–water partition coefficient (Wildman–Crippen LogP) is 3.57. The summed E-state index contributed by atoms with van der Waals surface area (Å²) in [5, 5.41) is 8.93. The molecule has 0 saturated carbocycles. The lowest BCUT2D eigenvalue weighted by atomic mass is 10.2. The van der Waals surface area contributed by atoms with Crippen molar-refractivity contribution in [2.75, 3.05) is 0 Å². The maximum atomic E-state index is 12.9. The van der Waals surface area contributed by atoms with E-state index in [1.54, 1.807) is 29.7 Å². The van der Waals surface area contributed by atoms with Crippen LogP contribution in [0.5, 0.6) is 5.06 Å². The van der Waals surface area contributed by atoms with Crippen LogP contribution in [0.2, 0.25) is 0 Å². The van der Waals surface area contributed by atoms with Crippen molar-refractivity contribution >= 4 is 22.5 Å². The molecule has 0 fully saturated rings. The first-order valence-corrected chi connectivity index (χ1v) is 6.51. The number of aryl methyl sites for hydroxylation is 1. The fraction of sp³-hybridized carbons (Fsp3) is 0.0769. The number of fused-ring (bicyclic) bond motifs is 1. The van der Waals surface area contributed by atoms with Crippen LogP contribution in [0, 0.1) is 12.7 Å². The molecule has 0 saturated heterocycles. The van der Waals surface area contributed by atoms with E-state index < -0.39 is 6.16 Å². The van der Waals surface area contributed by atoms with E-state index in [0.717, 1.165) is 16.9 Å². The van der Waals surface area contributed by atoms with Gasteiger partial charge in [-0.05, 0) is 31.2 Å². The molecular weight excluding hydrogens is 283 g/mol. The minimum atomic E-state index is -1.35. The lowest BCUT2D eigenvalue weighted by Gasteiger charge is -1.97. The molecule has 0 unspecified atom stereocenters. The second-order valence-electron chi connectivity index (χ2n) is 4.13. The Morgan fingerprint density at radius 3 is 2.70 bits per heavy atom. The van der Waals surface area contributed by atoms with Crippen molar-refractivity contribution < 1.29 is 19.0 Å². The molecule has 0 aliphatic heterocycles. The summed E-state index contributed by atoms with van der Waals surface area (Å²) in [5.74, 6) is -0.303. The van der Waals surface area contributed by atoms with Crippen LogP contribution in [0.3, 0.4) is 0 Å². The maximum Gasteiger partial charge on any atom is 0.512 e. The Kier molecular flexibility index (Phi) is 2.90. The minimum Gasteiger partial charge on any atom is -0.449 e. The van der Waals surface area contributed by atoms with Gasteiger partial charge in [0.05, 0.1) is 11.4 Å². The smallest absolute Gasteiger partial charge is 0.449 e. The summed E-state index contributed by atoms with van der Waals surface area (Å²) in [6, 6.07) is 6.03. The number of aromatic nitrogens is 2. The molecule has 2 aromatic heterocycles. The summed E-state index contributed by atoms with van der Waals surface area (Å²) in [6.07, 6.45) is 0.416. The van der Waals surface area contributed by atoms with Gasteiger partial charge in [-0.2, -0.15) is 0 Å². The number of carboxylic acid groups (broad SMARTS) is 1. The van der Waals surface area contributed by atoms with Crippen LogP contribution < -0.4 is 4.74 Å². The molecule has 2 heterocycles. The fourth-order valence-corrected chi connectivity index (χ4v) is 2.82. The summed E-state index contributed by atoms with van der Waals surface area (Å²) >= 11 is 1.15. The number of benzene rings is 1. The van der Waals surface area contributed by atoms with Crippen molar-refractivity contribution in [3.8, 4) is 16.3 Å². The zero-order valence-corrected chi connectivity index (χ0v) is 11.1. The summed E-state index contributed by atoms with van der Waals surface area (Å²) in [7, 11) is 0. The van der Waals surface area contributed by atoms with Crippen LogP contribution in [0.1, 0.15) is 5.69 Å². The summed E-state index contributed by atoms with van der Waals surface area (Å²) in [4.78, 5) is 15.6. The SMILES string of the molecule is Cc1c(OC(=O)O)sc2nc(-c3ccc(F)cc3)cn12. The molecule has 20 heavy (non-hydrogen) atoms. The largest absolute Gasteiger partial charge is 0.512 e. The van der Waals surface area contributed by atoms with Crippen molar-refractivity contribution in [2.24, 2.45) is 0 Å².